The third-order valence-corrected chi connectivity index (χ3v) is 4.02. The molecule has 2 aromatic rings. The molecular weight excluding hydrogens is 311 g/mol. The first-order valence-electron chi connectivity index (χ1n) is 7.31. The zero-order valence-corrected chi connectivity index (χ0v) is 13.1. The van der Waals surface area contributed by atoms with E-state index in [0.717, 1.165) is 17.3 Å². The summed E-state index contributed by atoms with van der Waals surface area (Å²) in [5, 5.41) is 7.64. The molecule has 0 aliphatic heterocycles. The van der Waals surface area contributed by atoms with Crippen LogP contribution in [-0.2, 0) is 17.3 Å². The van der Waals surface area contributed by atoms with Gasteiger partial charge in [-0.15, -0.1) is 0 Å². The Balaban J connectivity index is 2.09. The molecule has 23 heavy (non-hydrogen) atoms. The molecule has 2 N–H and O–H groups in total. The maximum Gasteiger partial charge on any atom is 0.433 e. The fourth-order valence-electron chi connectivity index (χ4n) is 2.60. The average molecular weight is 329 g/mol. The predicted molar refractivity (Wildman–Crippen MR) is 75.2 cm³/mol. The summed E-state index contributed by atoms with van der Waals surface area (Å²) in [4.78, 5) is 4.09. The molecule has 0 saturated heterocycles. The van der Waals surface area contributed by atoms with Crippen LogP contribution in [0.1, 0.15) is 51.6 Å². The van der Waals surface area contributed by atoms with Gasteiger partial charge in [0.2, 0.25) is 0 Å². The third-order valence-electron chi connectivity index (χ3n) is 4.02. The molecule has 1 aliphatic carbocycles. The first-order valence-corrected chi connectivity index (χ1v) is 7.31. The van der Waals surface area contributed by atoms with E-state index in [9.17, 15) is 13.2 Å². The Labute approximate surface area is 130 Å². The number of alkyl halides is 3. The zero-order valence-electron chi connectivity index (χ0n) is 13.1. The summed E-state index contributed by atoms with van der Waals surface area (Å²) in [6.07, 6.45) is -1.16. The van der Waals surface area contributed by atoms with E-state index in [4.69, 9.17) is 10.3 Å². The normalized spacial score (nSPS) is 18.0. The molecule has 126 valence electrons. The van der Waals surface area contributed by atoms with Crippen molar-refractivity contribution in [1.29, 1.82) is 0 Å². The van der Waals surface area contributed by atoms with Crippen molar-refractivity contribution >= 4 is 0 Å². The largest absolute Gasteiger partial charge is 0.433 e. The molecule has 2 aromatic heterocycles. The van der Waals surface area contributed by atoms with Crippen LogP contribution in [0.5, 0.6) is 0 Å². The van der Waals surface area contributed by atoms with Crippen molar-refractivity contribution in [2.75, 3.05) is 0 Å². The average Bonchev–Trinajstić information content (AvgIpc) is 3.00. The molecule has 1 fully saturated rings. The minimum absolute atomic E-state index is 0.209. The molecule has 9 heteroatoms. The van der Waals surface area contributed by atoms with E-state index in [1.54, 1.807) is 20.8 Å². The van der Waals surface area contributed by atoms with E-state index in [1.165, 1.54) is 0 Å². The zero-order chi connectivity index (χ0) is 17.0. The molecule has 0 aromatic carbocycles. The van der Waals surface area contributed by atoms with Crippen molar-refractivity contribution in [3.05, 3.63) is 17.7 Å². The van der Waals surface area contributed by atoms with E-state index >= 15 is 0 Å². The Morgan fingerprint density at radius 1 is 1.26 bits per heavy atom. The topological polar surface area (TPSA) is 82.8 Å². The van der Waals surface area contributed by atoms with Gasteiger partial charge in [0.05, 0.1) is 22.8 Å². The van der Waals surface area contributed by atoms with Gasteiger partial charge < -0.3 is 10.3 Å². The number of nitrogens with zero attached hydrogens (tertiary/aromatic N) is 4. The van der Waals surface area contributed by atoms with Crippen LogP contribution in [0.25, 0.3) is 11.5 Å². The third kappa shape index (κ3) is 2.62. The lowest BCUT2D eigenvalue weighted by atomic mass is 9.77. The number of aromatic nitrogens is 4. The Hall–Kier alpha value is -1.90. The first-order chi connectivity index (χ1) is 10.5. The fourth-order valence-corrected chi connectivity index (χ4v) is 2.60. The van der Waals surface area contributed by atoms with Crippen LogP contribution in [0.2, 0.25) is 0 Å². The summed E-state index contributed by atoms with van der Waals surface area (Å²) in [5.74, 6) is 0.0370. The van der Waals surface area contributed by atoms with Gasteiger partial charge in [-0.3, -0.25) is 4.68 Å². The first kappa shape index (κ1) is 16.0. The SMILES string of the molecule is CC(C)(C)n1ncc(-c2nc(C3(N)CCC3)no2)c1C(F)(F)F. The molecule has 2 heterocycles. The summed E-state index contributed by atoms with van der Waals surface area (Å²) in [7, 11) is 0. The van der Waals surface area contributed by atoms with Crippen LogP contribution in [0.3, 0.4) is 0 Å². The fraction of sp³-hybridized carbons (Fsp3) is 0.643. The molecule has 0 atom stereocenters. The Kier molecular flexibility index (Phi) is 3.33. The van der Waals surface area contributed by atoms with Crippen LogP contribution < -0.4 is 5.73 Å². The predicted octanol–water partition coefficient (Wildman–Crippen LogP) is 3.04. The van der Waals surface area contributed by atoms with E-state index in [2.05, 4.69) is 15.2 Å². The summed E-state index contributed by atoms with van der Waals surface area (Å²) in [6, 6.07) is 0. The number of hydrogen-bond donors (Lipinski definition) is 1. The number of hydrogen-bond acceptors (Lipinski definition) is 5. The second-order valence-electron chi connectivity index (χ2n) is 6.92. The lowest BCUT2D eigenvalue weighted by Gasteiger charge is -2.34. The van der Waals surface area contributed by atoms with Gasteiger partial charge in [0.25, 0.3) is 5.89 Å². The maximum absolute atomic E-state index is 13.5. The van der Waals surface area contributed by atoms with Crippen molar-refractivity contribution in [3.8, 4) is 11.5 Å². The summed E-state index contributed by atoms with van der Waals surface area (Å²) in [6.45, 7) is 4.92. The highest BCUT2D eigenvalue weighted by Gasteiger charge is 2.43. The smallest absolute Gasteiger partial charge is 0.334 e. The van der Waals surface area contributed by atoms with Crippen LogP contribution in [-0.4, -0.2) is 19.9 Å². The highest BCUT2D eigenvalue weighted by atomic mass is 19.4. The van der Waals surface area contributed by atoms with Gasteiger partial charge in [-0.25, -0.2) is 0 Å². The number of halogens is 3. The highest BCUT2D eigenvalue weighted by molar-refractivity contribution is 5.56. The van der Waals surface area contributed by atoms with E-state index in [1.807, 2.05) is 0 Å². The monoisotopic (exact) mass is 329 g/mol. The van der Waals surface area contributed by atoms with Crippen molar-refractivity contribution in [3.63, 3.8) is 0 Å². The second-order valence-corrected chi connectivity index (χ2v) is 6.92. The molecule has 1 aliphatic rings. The Bertz CT molecular complexity index is 722. The molecule has 0 amide bonds. The van der Waals surface area contributed by atoms with Gasteiger partial charge in [-0.1, -0.05) is 5.16 Å². The van der Waals surface area contributed by atoms with E-state index in [-0.39, 0.29) is 17.3 Å². The van der Waals surface area contributed by atoms with Gasteiger partial charge >= 0.3 is 6.18 Å². The van der Waals surface area contributed by atoms with Crippen LogP contribution in [0.4, 0.5) is 13.2 Å². The van der Waals surface area contributed by atoms with Crippen molar-refractivity contribution in [1.82, 2.24) is 19.9 Å². The summed E-state index contributed by atoms with van der Waals surface area (Å²) in [5.41, 5.74) is 3.42. The number of nitrogens with two attached hydrogens (primary N) is 1. The lowest BCUT2D eigenvalue weighted by Crippen LogP contribution is -2.44. The second kappa shape index (κ2) is 4.80. The van der Waals surface area contributed by atoms with Gasteiger partial charge in [0, 0.05) is 0 Å². The standard InChI is InChI=1S/C14H18F3N5O/c1-12(2,3)22-9(14(15,16)17)8(7-19-22)10-20-11(21-23-10)13(18)5-4-6-13/h7H,4-6,18H2,1-3H3. The lowest BCUT2D eigenvalue weighted by molar-refractivity contribution is -0.145. The molecule has 3 rings (SSSR count). The molecule has 0 bridgehead atoms. The molecule has 0 radical (unpaired) electrons. The Morgan fingerprint density at radius 2 is 1.91 bits per heavy atom. The summed E-state index contributed by atoms with van der Waals surface area (Å²) >= 11 is 0. The molecule has 0 unspecified atom stereocenters. The maximum atomic E-state index is 13.5. The van der Waals surface area contributed by atoms with E-state index < -0.39 is 22.9 Å². The molecule has 6 nitrogen and oxygen atoms in total. The van der Waals surface area contributed by atoms with Gasteiger partial charge in [-0.05, 0) is 40.0 Å². The van der Waals surface area contributed by atoms with Crippen LogP contribution >= 0.6 is 0 Å². The van der Waals surface area contributed by atoms with Crippen LogP contribution in [0.15, 0.2) is 10.7 Å². The molecule has 0 spiro atoms. The highest BCUT2D eigenvalue weighted by Crippen LogP contribution is 2.41. The summed E-state index contributed by atoms with van der Waals surface area (Å²) < 4.78 is 46.5. The van der Waals surface area contributed by atoms with E-state index in [0.29, 0.717) is 12.8 Å². The minimum Gasteiger partial charge on any atom is -0.334 e. The van der Waals surface area contributed by atoms with Gasteiger partial charge in [0.15, 0.2) is 11.5 Å². The van der Waals surface area contributed by atoms with Gasteiger partial charge in [0.1, 0.15) is 0 Å². The molecular formula is C14H18F3N5O. The number of rotatable bonds is 2. The minimum atomic E-state index is -4.59. The van der Waals surface area contributed by atoms with Crippen molar-refractivity contribution in [2.24, 2.45) is 5.73 Å². The quantitative estimate of drug-likeness (QED) is 0.915. The molecule has 1 saturated carbocycles. The van der Waals surface area contributed by atoms with Crippen molar-refractivity contribution in [2.45, 2.75) is 57.3 Å². The van der Waals surface area contributed by atoms with Crippen LogP contribution in [0, 0.1) is 0 Å². The Morgan fingerprint density at radius 3 is 2.39 bits per heavy atom. The van der Waals surface area contributed by atoms with Crippen molar-refractivity contribution < 1.29 is 17.7 Å². The van der Waals surface area contributed by atoms with Gasteiger partial charge in [-0.2, -0.15) is 23.3 Å².